The van der Waals surface area contributed by atoms with Crippen molar-refractivity contribution in [3.8, 4) is 33.8 Å². The third-order valence-electron chi connectivity index (χ3n) is 10.9. The van der Waals surface area contributed by atoms with E-state index in [1.807, 2.05) is 24.3 Å². The molecule has 10 nitrogen and oxygen atoms in total. The lowest BCUT2D eigenvalue weighted by Crippen LogP contribution is -2.41. The molecule has 0 spiro atoms. The quantitative estimate of drug-likeness (QED) is 0.0267. The number of rotatable bonds is 32. The van der Waals surface area contributed by atoms with E-state index in [9.17, 15) is 9.59 Å². The van der Waals surface area contributed by atoms with Crippen molar-refractivity contribution in [3.63, 3.8) is 0 Å². The number of carbonyl (C=O) groups excluding carboxylic acids is 2. The van der Waals surface area contributed by atoms with Crippen LogP contribution in [0.5, 0.6) is 11.5 Å². The number of unbranched alkanes of at least 4 members (excludes halogenated alkanes) is 12. The molecule has 1 heterocycles. The van der Waals surface area contributed by atoms with E-state index in [2.05, 4.69) is 86.0 Å². The molecule has 0 N–H and O–H groups in total. The third kappa shape index (κ3) is 19.2. The SMILES string of the molecule is C=CC(=O)OCCCCCCCCCOc1ccc(-c2ccc(COC3OCCOC3OCc3ccc(-c4ccc(OCCCCCCCCCOC(=O)C=C)cc4)cc3)cc2)cc1. The van der Waals surface area contributed by atoms with Gasteiger partial charge in [0.1, 0.15) is 11.5 Å². The molecule has 10 heteroatoms. The van der Waals surface area contributed by atoms with Crippen molar-refractivity contribution in [2.45, 2.75) is 116 Å². The highest BCUT2D eigenvalue weighted by Crippen LogP contribution is 2.26. The van der Waals surface area contributed by atoms with Crippen molar-refractivity contribution in [1.29, 1.82) is 0 Å². The summed E-state index contributed by atoms with van der Waals surface area (Å²) in [7, 11) is 0. The van der Waals surface area contributed by atoms with Crippen molar-refractivity contribution in [2.24, 2.45) is 0 Å². The third-order valence-corrected chi connectivity index (χ3v) is 10.9. The monoisotopic (exact) mass is 876 g/mol. The predicted molar refractivity (Wildman–Crippen MR) is 251 cm³/mol. The van der Waals surface area contributed by atoms with Gasteiger partial charge in [0.2, 0.25) is 12.6 Å². The van der Waals surface area contributed by atoms with Crippen LogP contribution in [-0.2, 0) is 51.2 Å². The maximum atomic E-state index is 11.1. The second kappa shape index (κ2) is 30.0. The highest BCUT2D eigenvalue weighted by molar-refractivity contribution is 5.81. The fraction of sp³-hybridized carbons (Fsp3) is 0.444. The van der Waals surface area contributed by atoms with Gasteiger partial charge in [-0.3, -0.25) is 0 Å². The van der Waals surface area contributed by atoms with E-state index in [-0.39, 0.29) is 11.9 Å². The molecule has 1 aliphatic rings. The van der Waals surface area contributed by atoms with E-state index in [4.69, 9.17) is 37.9 Å². The number of esters is 2. The molecule has 344 valence electrons. The van der Waals surface area contributed by atoms with Crippen molar-refractivity contribution in [3.05, 3.63) is 133 Å². The molecule has 1 aliphatic heterocycles. The Morgan fingerprint density at radius 1 is 0.438 bits per heavy atom. The summed E-state index contributed by atoms with van der Waals surface area (Å²) in [6.45, 7) is 10.8. The van der Waals surface area contributed by atoms with Gasteiger partial charge < -0.3 is 37.9 Å². The van der Waals surface area contributed by atoms with E-state index in [0.29, 0.717) is 52.9 Å². The summed E-state index contributed by atoms with van der Waals surface area (Å²) in [4.78, 5) is 22.1. The van der Waals surface area contributed by atoms with Gasteiger partial charge in [-0.25, -0.2) is 9.59 Å². The zero-order chi connectivity index (χ0) is 44.9. The number of carbonyl (C=O) groups is 2. The molecule has 2 atom stereocenters. The summed E-state index contributed by atoms with van der Waals surface area (Å²) in [6, 6.07) is 33.2. The lowest BCUT2D eigenvalue weighted by atomic mass is 10.0. The van der Waals surface area contributed by atoms with Crippen LogP contribution in [0.4, 0.5) is 0 Å². The maximum absolute atomic E-state index is 11.1. The topological polar surface area (TPSA) is 108 Å². The normalized spacial score (nSPS) is 14.7. The van der Waals surface area contributed by atoms with E-state index in [0.717, 1.165) is 109 Å². The van der Waals surface area contributed by atoms with E-state index < -0.39 is 12.6 Å². The Bertz CT molecular complexity index is 1770. The maximum Gasteiger partial charge on any atom is 0.330 e. The van der Waals surface area contributed by atoms with E-state index in [1.54, 1.807) is 0 Å². The molecule has 0 amide bonds. The van der Waals surface area contributed by atoms with Crippen LogP contribution >= 0.6 is 0 Å². The van der Waals surface area contributed by atoms with E-state index >= 15 is 0 Å². The molecule has 4 aromatic carbocycles. The van der Waals surface area contributed by atoms with Gasteiger partial charge >= 0.3 is 11.9 Å². The Kier molecular flexibility index (Phi) is 23.3. The van der Waals surface area contributed by atoms with Gasteiger partial charge in [0, 0.05) is 12.2 Å². The largest absolute Gasteiger partial charge is 0.494 e. The second-order valence-corrected chi connectivity index (χ2v) is 15.9. The van der Waals surface area contributed by atoms with Crippen LogP contribution in [0.25, 0.3) is 22.3 Å². The lowest BCUT2D eigenvalue weighted by Gasteiger charge is -2.31. The van der Waals surface area contributed by atoms with Gasteiger partial charge in [-0.05, 0) is 83.3 Å². The molecular weight excluding hydrogens is 809 g/mol. The van der Waals surface area contributed by atoms with Gasteiger partial charge in [-0.1, -0.05) is 150 Å². The Labute approximate surface area is 380 Å². The Morgan fingerprint density at radius 2 is 0.734 bits per heavy atom. The van der Waals surface area contributed by atoms with Crippen LogP contribution in [0, 0.1) is 0 Å². The molecule has 4 aromatic rings. The second-order valence-electron chi connectivity index (χ2n) is 15.9. The molecule has 1 fully saturated rings. The van der Waals surface area contributed by atoms with Crippen molar-refractivity contribution in [2.75, 3.05) is 39.6 Å². The Balaban J connectivity index is 0.928. The highest BCUT2D eigenvalue weighted by Gasteiger charge is 2.29. The van der Waals surface area contributed by atoms with Gasteiger partial charge in [-0.2, -0.15) is 0 Å². The molecule has 0 bridgehead atoms. The van der Waals surface area contributed by atoms with E-state index in [1.165, 1.54) is 37.8 Å². The van der Waals surface area contributed by atoms with Crippen LogP contribution in [-0.4, -0.2) is 64.2 Å². The molecule has 0 aliphatic carbocycles. The zero-order valence-electron chi connectivity index (χ0n) is 37.6. The average Bonchev–Trinajstić information content (AvgIpc) is 3.34. The number of hydrogen-bond donors (Lipinski definition) is 0. The molecule has 2 unspecified atom stereocenters. The first kappa shape index (κ1) is 49.8. The molecule has 0 radical (unpaired) electrons. The van der Waals surface area contributed by atoms with Gasteiger partial charge in [0.05, 0.1) is 52.9 Å². The Hall–Kier alpha value is -5.26. The van der Waals surface area contributed by atoms with Crippen molar-refractivity contribution >= 4 is 11.9 Å². The number of benzene rings is 4. The first-order valence-corrected chi connectivity index (χ1v) is 23.2. The Morgan fingerprint density at radius 3 is 1.06 bits per heavy atom. The molecular formula is C54H68O10. The molecule has 64 heavy (non-hydrogen) atoms. The van der Waals surface area contributed by atoms with Crippen LogP contribution in [0.2, 0.25) is 0 Å². The van der Waals surface area contributed by atoms with Gasteiger partial charge in [-0.15, -0.1) is 0 Å². The summed E-state index contributed by atoms with van der Waals surface area (Å²) in [5.41, 5.74) is 6.55. The fourth-order valence-electron chi connectivity index (χ4n) is 7.19. The smallest absolute Gasteiger partial charge is 0.330 e. The first-order chi connectivity index (χ1) is 31.5. The number of ether oxygens (including phenoxy) is 8. The van der Waals surface area contributed by atoms with Crippen LogP contribution < -0.4 is 9.47 Å². The lowest BCUT2D eigenvalue weighted by molar-refractivity contribution is -0.326. The summed E-state index contributed by atoms with van der Waals surface area (Å²) >= 11 is 0. The van der Waals surface area contributed by atoms with Crippen molar-refractivity contribution < 1.29 is 47.5 Å². The minimum absolute atomic E-state index is 0.346. The average molecular weight is 877 g/mol. The van der Waals surface area contributed by atoms with Crippen molar-refractivity contribution in [1.82, 2.24) is 0 Å². The zero-order valence-corrected chi connectivity index (χ0v) is 37.6. The summed E-state index contributed by atoms with van der Waals surface area (Å²) in [5, 5.41) is 0. The van der Waals surface area contributed by atoms with Crippen LogP contribution in [0.15, 0.2) is 122 Å². The summed E-state index contributed by atoms with van der Waals surface area (Å²) in [5.74, 6) is 1.07. The fourth-order valence-corrected chi connectivity index (χ4v) is 7.19. The summed E-state index contributed by atoms with van der Waals surface area (Å²) in [6.07, 6.45) is 16.5. The molecule has 0 aromatic heterocycles. The molecule has 1 saturated heterocycles. The first-order valence-electron chi connectivity index (χ1n) is 23.2. The van der Waals surface area contributed by atoms with Gasteiger partial charge in [0.15, 0.2) is 0 Å². The molecule has 0 saturated carbocycles. The standard InChI is InChI=1S/C54H68O10/c1-3-51(55)59-37-17-13-9-5-7-11-15-35-57-49-31-27-47(28-32-49)45-23-19-43(20-24-45)41-63-53-54(62-40-39-61-53)64-42-44-21-25-46(26-22-44)48-29-33-50(34-30-48)58-36-16-12-8-6-10-14-18-38-60-52(56)4-2/h3-4,19-34,53-54H,1-2,5-18,35-42H2. The minimum Gasteiger partial charge on any atom is -0.494 e. The minimum atomic E-state index is -0.633. The number of hydrogen-bond acceptors (Lipinski definition) is 10. The van der Waals surface area contributed by atoms with Crippen LogP contribution in [0.1, 0.15) is 101 Å². The molecule has 5 rings (SSSR count). The van der Waals surface area contributed by atoms with Gasteiger partial charge in [0.25, 0.3) is 0 Å². The van der Waals surface area contributed by atoms with Crippen LogP contribution in [0.3, 0.4) is 0 Å². The predicted octanol–water partition coefficient (Wildman–Crippen LogP) is 12.1. The summed E-state index contributed by atoms with van der Waals surface area (Å²) < 4.78 is 46.1. The highest BCUT2D eigenvalue weighted by atomic mass is 16.8.